The highest BCUT2D eigenvalue weighted by Crippen LogP contribution is 2.30. The lowest BCUT2D eigenvalue weighted by Gasteiger charge is -2.12. The Morgan fingerprint density at radius 3 is 2.59 bits per heavy atom. The molecule has 3 heteroatoms. The predicted octanol–water partition coefficient (Wildman–Crippen LogP) is -0.256. The molecule has 0 unspecified atom stereocenters. The molecule has 2 aromatic carbocycles. The minimum atomic E-state index is 0. The number of nitrogens with two attached hydrogens (primary N) is 1. The molecular formula is C14H17ClNO-. The van der Waals surface area contributed by atoms with Crippen molar-refractivity contribution in [1.82, 2.24) is 0 Å². The summed E-state index contributed by atoms with van der Waals surface area (Å²) < 4.78 is 5.77. The summed E-state index contributed by atoms with van der Waals surface area (Å²) in [5.74, 6) is 0.992. The van der Waals surface area contributed by atoms with Crippen LogP contribution in [0, 0.1) is 0 Å². The van der Waals surface area contributed by atoms with Crippen LogP contribution in [-0.4, -0.2) is 13.2 Å². The Labute approximate surface area is 108 Å². The van der Waals surface area contributed by atoms with Crippen molar-refractivity contribution in [2.24, 2.45) is 5.73 Å². The lowest BCUT2D eigenvalue weighted by Crippen LogP contribution is -3.00. The van der Waals surface area contributed by atoms with Crippen LogP contribution in [0.1, 0.15) is 12.5 Å². The minimum Gasteiger partial charge on any atom is -1.00 e. The molecule has 0 saturated heterocycles. The van der Waals surface area contributed by atoms with Crippen LogP contribution in [0.5, 0.6) is 5.75 Å². The summed E-state index contributed by atoms with van der Waals surface area (Å²) in [5, 5.41) is 2.39. The Morgan fingerprint density at radius 1 is 1.12 bits per heavy atom. The lowest BCUT2D eigenvalue weighted by atomic mass is 10.0. The zero-order valence-corrected chi connectivity index (χ0v) is 10.7. The standard InChI is InChI=1S/C14H17NO.ClH/c1-2-11-7-8-12-5-3-4-6-13(12)14(11)16-10-9-15;/h3-8H,2,9-10,15H2,1H3;1H/p-1. The molecule has 0 spiro atoms. The first-order valence-electron chi connectivity index (χ1n) is 5.70. The maximum Gasteiger partial charge on any atom is 0.130 e. The molecule has 0 radical (unpaired) electrons. The van der Waals surface area contributed by atoms with Crippen molar-refractivity contribution in [3.63, 3.8) is 0 Å². The van der Waals surface area contributed by atoms with E-state index in [-0.39, 0.29) is 12.4 Å². The lowest BCUT2D eigenvalue weighted by molar-refractivity contribution is -0.00000367. The topological polar surface area (TPSA) is 35.2 Å². The fourth-order valence-electron chi connectivity index (χ4n) is 1.90. The second-order valence-electron chi connectivity index (χ2n) is 3.77. The van der Waals surface area contributed by atoms with E-state index in [0.717, 1.165) is 12.2 Å². The van der Waals surface area contributed by atoms with E-state index in [2.05, 4.69) is 31.2 Å². The van der Waals surface area contributed by atoms with E-state index in [1.54, 1.807) is 0 Å². The van der Waals surface area contributed by atoms with Gasteiger partial charge in [0.05, 0.1) is 0 Å². The predicted molar refractivity (Wildman–Crippen MR) is 67.9 cm³/mol. The zero-order valence-electron chi connectivity index (χ0n) is 9.95. The molecule has 17 heavy (non-hydrogen) atoms. The Bertz CT molecular complexity index is 485. The highest BCUT2D eigenvalue weighted by atomic mass is 35.5. The van der Waals surface area contributed by atoms with Gasteiger partial charge < -0.3 is 22.9 Å². The van der Waals surface area contributed by atoms with E-state index in [1.807, 2.05) is 12.1 Å². The van der Waals surface area contributed by atoms with Gasteiger partial charge in [0.1, 0.15) is 12.4 Å². The average molecular weight is 251 g/mol. The number of hydrogen-bond acceptors (Lipinski definition) is 2. The summed E-state index contributed by atoms with van der Waals surface area (Å²) in [6, 6.07) is 12.6. The van der Waals surface area contributed by atoms with Crippen LogP contribution in [0.4, 0.5) is 0 Å². The van der Waals surface area contributed by atoms with Crippen LogP contribution in [0.3, 0.4) is 0 Å². The maximum atomic E-state index is 5.77. The van der Waals surface area contributed by atoms with Crippen molar-refractivity contribution < 1.29 is 17.1 Å². The SMILES string of the molecule is CCc1ccc2ccccc2c1OCCN.[Cl-]. The number of fused-ring (bicyclic) bond motifs is 1. The monoisotopic (exact) mass is 250 g/mol. The Balaban J connectivity index is 0.00000144. The Kier molecular flexibility index (Phi) is 5.26. The highest BCUT2D eigenvalue weighted by molar-refractivity contribution is 5.89. The van der Waals surface area contributed by atoms with E-state index < -0.39 is 0 Å². The van der Waals surface area contributed by atoms with Crippen molar-refractivity contribution >= 4 is 10.8 Å². The van der Waals surface area contributed by atoms with Gasteiger partial charge in [0, 0.05) is 11.9 Å². The fourth-order valence-corrected chi connectivity index (χ4v) is 1.90. The molecule has 2 N–H and O–H groups in total. The summed E-state index contributed by atoms with van der Waals surface area (Å²) in [6.07, 6.45) is 0.977. The van der Waals surface area contributed by atoms with Crippen LogP contribution in [0.2, 0.25) is 0 Å². The molecule has 0 aliphatic heterocycles. The molecule has 0 bridgehead atoms. The third-order valence-electron chi connectivity index (χ3n) is 2.71. The highest BCUT2D eigenvalue weighted by Gasteiger charge is 2.06. The van der Waals surface area contributed by atoms with Gasteiger partial charge in [-0.05, 0) is 17.4 Å². The molecule has 2 nitrogen and oxygen atoms in total. The maximum absolute atomic E-state index is 5.77. The molecule has 0 aliphatic carbocycles. The van der Waals surface area contributed by atoms with E-state index in [9.17, 15) is 0 Å². The van der Waals surface area contributed by atoms with E-state index in [1.165, 1.54) is 16.3 Å². The van der Waals surface area contributed by atoms with E-state index in [0.29, 0.717) is 13.2 Å². The number of rotatable bonds is 4. The van der Waals surface area contributed by atoms with Crippen molar-refractivity contribution in [1.29, 1.82) is 0 Å². The number of hydrogen-bond donors (Lipinski definition) is 1. The first-order chi connectivity index (χ1) is 7.86. The van der Waals surface area contributed by atoms with Crippen LogP contribution in [0.25, 0.3) is 10.8 Å². The van der Waals surface area contributed by atoms with Gasteiger partial charge in [-0.2, -0.15) is 0 Å². The molecule has 0 amide bonds. The Hall–Kier alpha value is -1.25. The fraction of sp³-hybridized carbons (Fsp3) is 0.286. The van der Waals surface area contributed by atoms with Gasteiger partial charge in [-0.15, -0.1) is 0 Å². The van der Waals surface area contributed by atoms with Crippen molar-refractivity contribution in [2.45, 2.75) is 13.3 Å². The number of ether oxygens (including phenoxy) is 1. The van der Waals surface area contributed by atoms with Gasteiger partial charge in [-0.25, -0.2) is 0 Å². The quantitative estimate of drug-likeness (QED) is 0.812. The first kappa shape index (κ1) is 13.8. The van der Waals surface area contributed by atoms with Crippen molar-refractivity contribution in [2.75, 3.05) is 13.2 Å². The van der Waals surface area contributed by atoms with Gasteiger partial charge in [-0.3, -0.25) is 0 Å². The third kappa shape index (κ3) is 2.90. The van der Waals surface area contributed by atoms with E-state index in [4.69, 9.17) is 10.5 Å². The molecule has 0 saturated carbocycles. The van der Waals surface area contributed by atoms with Gasteiger partial charge >= 0.3 is 0 Å². The van der Waals surface area contributed by atoms with Crippen molar-refractivity contribution in [3.8, 4) is 5.75 Å². The molecule has 0 aromatic heterocycles. The molecule has 2 aromatic rings. The summed E-state index contributed by atoms with van der Waals surface area (Å²) >= 11 is 0. The Morgan fingerprint density at radius 2 is 1.88 bits per heavy atom. The van der Waals surface area contributed by atoms with Crippen LogP contribution in [0.15, 0.2) is 36.4 Å². The second-order valence-corrected chi connectivity index (χ2v) is 3.77. The first-order valence-corrected chi connectivity index (χ1v) is 5.70. The molecule has 2 rings (SSSR count). The number of benzene rings is 2. The van der Waals surface area contributed by atoms with E-state index >= 15 is 0 Å². The summed E-state index contributed by atoms with van der Waals surface area (Å²) in [5.41, 5.74) is 6.73. The molecule has 0 aliphatic rings. The molecular weight excluding hydrogens is 234 g/mol. The average Bonchev–Trinajstić information content (AvgIpc) is 2.35. The van der Waals surface area contributed by atoms with Gasteiger partial charge in [0.15, 0.2) is 0 Å². The third-order valence-corrected chi connectivity index (χ3v) is 2.71. The summed E-state index contributed by atoms with van der Waals surface area (Å²) in [7, 11) is 0. The van der Waals surface area contributed by atoms with Crippen LogP contribution in [-0.2, 0) is 6.42 Å². The van der Waals surface area contributed by atoms with Crippen LogP contribution < -0.4 is 22.9 Å². The minimum absolute atomic E-state index is 0. The van der Waals surface area contributed by atoms with Gasteiger partial charge in [0.2, 0.25) is 0 Å². The number of aryl methyl sites for hydroxylation is 1. The summed E-state index contributed by atoms with van der Waals surface area (Å²) in [6.45, 7) is 3.26. The molecule has 92 valence electrons. The smallest absolute Gasteiger partial charge is 0.130 e. The molecule has 0 fully saturated rings. The van der Waals surface area contributed by atoms with Gasteiger partial charge in [0.25, 0.3) is 0 Å². The summed E-state index contributed by atoms with van der Waals surface area (Å²) in [4.78, 5) is 0. The molecule has 0 atom stereocenters. The normalized spacial score (nSPS) is 10.0. The zero-order chi connectivity index (χ0) is 11.4. The largest absolute Gasteiger partial charge is 1.00 e. The second kappa shape index (κ2) is 6.48. The van der Waals surface area contributed by atoms with Crippen LogP contribution >= 0.6 is 0 Å². The molecule has 0 heterocycles. The van der Waals surface area contributed by atoms with Gasteiger partial charge in [-0.1, -0.05) is 43.3 Å². The van der Waals surface area contributed by atoms with Crippen molar-refractivity contribution in [3.05, 3.63) is 42.0 Å². The number of halogens is 1.